The minimum Gasteiger partial charge on any atom is -0.375 e. The van der Waals surface area contributed by atoms with E-state index in [4.69, 9.17) is 11.6 Å². The highest BCUT2D eigenvalue weighted by molar-refractivity contribution is 7.99. The van der Waals surface area contributed by atoms with E-state index in [0.717, 1.165) is 54.9 Å². The second-order valence-electron chi connectivity index (χ2n) is 13.7. The molecule has 7 rings (SSSR count). The van der Waals surface area contributed by atoms with Gasteiger partial charge in [-0.1, -0.05) is 66.2 Å². The van der Waals surface area contributed by atoms with Crippen LogP contribution in [0, 0.1) is 10.1 Å². The average Bonchev–Trinajstić information content (AvgIpc) is 3.23. The molecule has 0 radical (unpaired) electrons. The maximum Gasteiger partial charge on any atom is 0.293 e. The molecule has 1 fully saturated rings. The van der Waals surface area contributed by atoms with Crippen LogP contribution in [0.1, 0.15) is 12.0 Å². The minimum atomic E-state index is -4.32. The standard InChI is InChI=1S/C42H41ClN8O5S2/c1-44-41(52)23-32(27-57-34-8-3-2-4-9-34)47-38-18-16-35(25-40(38)51(53)54)58(55,56)48-42-37-17-15-33(24-39(37)45-28-46-42)50-21-19-49(20-22-50)26-30-7-5-6-10-36(30)29-11-13-31(43)14-12-29/h2-18,24-25,28,32,47H,19-23,26-27H2,1H3,(H,44,52)(H,45,46,48). The minimum absolute atomic E-state index is 0.0501. The second-order valence-corrected chi connectivity index (χ2v) is 16.9. The Morgan fingerprint density at radius 2 is 1.66 bits per heavy atom. The number of thioether (sulfide) groups is 1. The van der Waals surface area contributed by atoms with Gasteiger partial charge in [-0.3, -0.25) is 24.5 Å². The number of nitrogens with zero attached hydrogens (tertiary/aromatic N) is 5. The average molecular weight is 837 g/mol. The summed E-state index contributed by atoms with van der Waals surface area (Å²) in [5.74, 6) is 0.233. The van der Waals surface area contributed by atoms with Gasteiger partial charge in [-0.25, -0.2) is 18.4 Å². The molecule has 298 valence electrons. The topological polar surface area (TPSA) is 163 Å². The van der Waals surface area contributed by atoms with E-state index in [1.165, 1.54) is 48.4 Å². The molecule has 1 aliphatic heterocycles. The first-order chi connectivity index (χ1) is 28.1. The van der Waals surface area contributed by atoms with E-state index in [-0.39, 0.29) is 28.7 Å². The number of carbonyl (C=O) groups is 1. The van der Waals surface area contributed by atoms with Crippen LogP contribution in [0.3, 0.4) is 0 Å². The Morgan fingerprint density at radius 1 is 0.914 bits per heavy atom. The lowest BCUT2D eigenvalue weighted by Crippen LogP contribution is -2.46. The van der Waals surface area contributed by atoms with Crippen LogP contribution in [0.4, 0.5) is 22.9 Å². The largest absolute Gasteiger partial charge is 0.375 e. The molecule has 58 heavy (non-hydrogen) atoms. The summed E-state index contributed by atoms with van der Waals surface area (Å²) < 4.78 is 29.9. The van der Waals surface area contributed by atoms with E-state index in [1.807, 2.05) is 72.8 Å². The maximum atomic E-state index is 13.7. The summed E-state index contributed by atoms with van der Waals surface area (Å²) >= 11 is 7.63. The van der Waals surface area contributed by atoms with Crippen molar-refractivity contribution < 1.29 is 18.1 Å². The molecule has 0 bridgehead atoms. The lowest BCUT2D eigenvalue weighted by molar-refractivity contribution is -0.384. The van der Waals surface area contributed by atoms with Crippen LogP contribution in [-0.2, 0) is 21.4 Å². The molecule has 5 aromatic carbocycles. The Kier molecular flexibility index (Phi) is 12.7. The van der Waals surface area contributed by atoms with Crippen LogP contribution in [0.25, 0.3) is 22.0 Å². The van der Waals surface area contributed by atoms with Crippen LogP contribution in [-0.4, -0.2) is 79.1 Å². The van der Waals surface area contributed by atoms with E-state index in [9.17, 15) is 23.3 Å². The summed E-state index contributed by atoms with van der Waals surface area (Å²) in [5, 5.41) is 19.1. The van der Waals surface area contributed by atoms with E-state index >= 15 is 0 Å². The molecule has 1 amide bonds. The first kappa shape index (κ1) is 40.5. The Bertz CT molecular complexity index is 2520. The smallest absolute Gasteiger partial charge is 0.293 e. The summed E-state index contributed by atoms with van der Waals surface area (Å²) in [4.78, 5) is 37.9. The molecule has 3 N–H and O–H groups in total. The molecule has 1 atom stereocenters. The van der Waals surface area contributed by atoms with Gasteiger partial charge < -0.3 is 15.5 Å². The number of nitro benzene ring substituents is 1. The summed E-state index contributed by atoms with van der Waals surface area (Å²) in [6.07, 6.45) is 1.34. The summed E-state index contributed by atoms with van der Waals surface area (Å²) in [6.45, 7) is 4.10. The highest BCUT2D eigenvalue weighted by Crippen LogP contribution is 2.33. The van der Waals surface area contributed by atoms with E-state index < -0.39 is 26.7 Å². The van der Waals surface area contributed by atoms with Crippen molar-refractivity contribution in [1.82, 2.24) is 20.2 Å². The summed E-state index contributed by atoms with van der Waals surface area (Å²) in [7, 11) is -2.80. The number of hydrogen-bond donors (Lipinski definition) is 3. The number of fused-ring (bicyclic) bond motifs is 1. The Balaban J connectivity index is 1.03. The third kappa shape index (κ3) is 9.85. The fourth-order valence-electron chi connectivity index (χ4n) is 6.85. The van der Waals surface area contributed by atoms with Crippen molar-refractivity contribution in [2.75, 3.05) is 53.9 Å². The number of carbonyl (C=O) groups excluding carboxylic acids is 1. The highest BCUT2D eigenvalue weighted by atomic mass is 35.5. The van der Waals surface area contributed by atoms with E-state index in [2.05, 4.69) is 53.3 Å². The van der Waals surface area contributed by atoms with Crippen molar-refractivity contribution in [1.29, 1.82) is 0 Å². The van der Waals surface area contributed by atoms with Gasteiger partial charge in [0, 0.05) is 85.0 Å². The zero-order valence-corrected chi connectivity index (χ0v) is 33.9. The van der Waals surface area contributed by atoms with E-state index in [0.29, 0.717) is 21.7 Å². The van der Waals surface area contributed by atoms with Gasteiger partial charge in [0.25, 0.3) is 15.7 Å². The fraction of sp³-hybridized carbons (Fsp3) is 0.214. The molecule has 0 spiro atoms. The first-order valence-electron chi connectivity index (χ1n) is 18.6. The third-order valence-corrected chi connectivity index (χ3v) is 12.7. The number of benzene rings is 5. The molecule has 6 aromatic rings. The van der Waals surface area contributed by atoms with Gasteiger partial charge in [-0.05, 0) is 71.3 Å². The van der Waals surface area contributed by atoms with Crippen LogP contribution in [0.5, 0.6) is 0 Å². The molecule has 1 saturated heterocycles. The summed E-state index contributed by atoms with van der Waals surface area (Å²) in [6, 6.07) is 34.7. The van der Waals surface area contributed by atoms with E-state index in [1.54, 1.807) is 6.07 Å². The zero-order chi connectivity index (χ0) is 40.6. The van der Waals surface area contributed by atoms with Crippen LogP contribution in [0.15, 0.2) is 131 Å². The third-order valence-electron chi connectivity index (χ3n) is 9.90. The quantitative estimate of drug-likeness (QED) is 0.0528. The van der Waals surface area contributed by atoms with Crippen molar-refractivity contribution in [3.05, 3.63) is 142 Å². The lowest BCUT2D eigenvalue weighted by Gasteiger charge is -2.36. The molecule has 2 heterocycles. The second kappa shape index (κ2) is 18.2. The SMILES string of the molecule is CNC(=O)CC(CSc1ccccc1)Nc1ccc(S(=O)(=O)Nc2ncnc3cc(N4CCN(Cc5ccccc5-c5ccc(Cl)cc5)CC4)ccc23)cc1[N+](=O)[O-]. The van der Waals surface area contributed by atoms with Gasteiger partial charge in [0.05, 0.1) is 15.3 Å². The van der Waals surface area contributed by atoms with Crippen molar-refractivity contribution in [2.24, 2.45) is 0 Å². The monoisotopic (exact) mass is 836 g/mol. The molecule has 1 aromatic heterocycles. The number of halogens is 1. The Labute approximate surface area is 346 Å². The van der Waals surface area contributed by atoms with Gasteiger partial charge in [-0.15, -0.1) is 11.8 Å². The Morgan fingerprint density at radius 3 is 2.40 bits per heavy atom. The summed E-state index contributed by atoms with van der Waals surface area (Å²) in [5.41, 5.74) is 4.71. The molecule has 0 aliphatic carbocycles. The molecule has 1 aliphatic rings. The zero-order valence-electron chi connectivity index (χ0n) is 31.5. The van der Waals surface area contributed by atoms with Gasteiger partial charge in [0.15, 0.2) is 5.82 Å². The van der Waals surface area contributed by atoms with Gasteiger partial charge in [-0.2, -0.15) is 0 Å². The number of nitrogens with one attached hydrogen (secondary N) is 3. The van der Waals surface area contributed by atoms with Gasteiger partial charge in [0.2, 0.25) is 5.91 Å². The molecular formula is C42H41ClN8O5S2. The molecule has 1 unspecified atom stereocenters. The predicted molar refractivity (Wildman–Crippen MR) is 231 cm³/mol. The van der Waals surface area contributed by atoms with Crippen LogP contribution in [0.2, 0.25) is 5.02 Å². The predicted octanol–water partition coefficient (Wildman–Crippen LogP) is 7.69. The van der Waals surface area contributed by atoms with Crippen LogP contribution >= 0.6 is 23.4 Å². The van der Waals surface area contributed by atoms with Crippen molar-refractivity contribution in [3.8, 4) is 11.1 Å². The fourth-order valence-corrected chi connectivity index (χ4v) is 8.97. The lowest BCUT2D eigenvalue weighted by atomic mass is 9.99. The first-order valence-corrected chi connectivity index (χ1v) is 21.4. The molecule has 0 saturated carbocycles. The highest BCUT2D eigenvalue weighted by Gasteiger charge is 2.26. The van der Waals surface area contributed by atoms with Gasteiger partial charge >= 0.3 is 0 Å². The number of piperazine rings is 1. The Hall–Kier alpha value is -5.74. The van der Waals surface area contributed by atoms with Gasteiger partial charge in [0.1, 0.15) is 12.0 Å². The molecular weight excluding hydrogens is 796 g/mol. The van der Waals surface area contributed by atoms with Crippen LogP contribution < -0.4 is 20.3 Å². The number of aromatic nitrogens is 2. The van der Waals surface area contributed by atoms with Crippen molar-refractivity contribution in [2.45, 2.75) is 28.8 Å². The normalized spacial score (nSPS) is 13.9. The number of hydrogen-bond acceptors (Lipinski definition) is 11. The number of amides is 1. The number of anilines is 3. The maximum absolute atomic E-state index is 13.7. The number of sulfonamides is 1. The van der Waals surface area contributed by atoms with Crippen molar-refractivity contribution in [3.63, 3.8) is 0 Å². The number of nitro groups is 1. The molecule has 16 heteroatoms. The number of rotatable bonds is 15. The van der Waals surface area contributed by atoms with Crippen molar-refractivity contribution >= 4 is 73.1 Å². The molecule has 13 nitrogen and oxygen atoms in total.